The summed E-state index contributed by atoms with van der Waals surface area (Å²) in [4.78, 5) is 19.5. The molecule has 0 unspecified atom stereocenters. The number of ether oxygens (including phenoxy) is 2. The largest absolute Gasteiger partial charge is 0.486 e. The van der Waals surface area contributed by atoms with Crippen LogP contribution < -0.4 is 9.47 Å². The van der Waals surface area contributed by atoms with Crippen LogP contribution in [0.3, 0.4) is 0 Å². The Kier molecular flexibility index (Phi) is 4.39. The molecule has 0 atom stereocenters. The number of carbonyl (C=O) groups excluding carboxylic acids is 1. The van der Waals surface area contributed by atoms with Crippen molar-refractivity contribution in [2.45, 2.75) is 6.61 Å². The van der Waals surface area contributed by atoms with Crippen molar-refractivity contribution < 1.29 is 14.3 Å². The van der Waals surface area contributed by atoms with Crippen LogP contribution in [0.4, 0.5) is 0 Å². The monoisotopic (exact) mass is 328 g/mol. The van der Waals surface area contributed by atoms with Crippen LogP contribution in [-0.4, -0.2) is 23.4 Å². The minimum Gasteiger partial charge on any atom is -0.486 e. The highest BCUT2D eigenvalue weighted by molar-refractivity contribution is 6.30. The molecule has 6 heteroatoms. The summed E-state index contributed by atoms with van der Waals surface area (Å²) in [6.07, 6.45) is 2.14. The Labute approximate surface area is 137 Å². The molecule has 0 aliphatic rings. The fraction of sp³-hybridized carbons (Fsp3) is 0.118. The molecule has 0 radical (unpaired) electrons. The molecule has 23 heavy (non-hydrogen) atoms. The molecule has 0 aliphatic carbocycles. The predicted octanol–water partition coefficient (Wildman–Crippen LogP) is 3.68. The summed E-state index contributed by atoms with van der Waals surface area (Å²) in [6, 6.07) is 11.1. The fourth-order valence-electron chi connectivity index (χ4n) is 2.16. The number of hydrogen-bond acceptors (Lipinski definition) is 5. The zero-order valence-corrected chi connectivity index (χ0v) is 13.1. The summed E-state index contributed by atoms with van der Waals surface area (Å²) in [5.74, 6) is 0.717. The Morgan fingerprint density at radius 3 is 2.87 bits per heavy atom. The zero-order valence-electron chi connectivity index (χ0n) is 12.3. The summed E-state index contributed by atoms with van der Waals surface area (Å²) in [5.41, 5.74) is 1.92. The quantitative estimate of drug-likeness (QED) is 0.528. The number of aromatic nitrogens is 2. The van der Waals surface area contributed by atoms with Gasteiger partial charge < -0.3 is 9.47 Å². The molecule has 3 rings (SSSR count). The standard InChI is InChI=1S/C17H13ClN2O3/c1-22-16-7-12(9-21)15(8-19-16)23-10-13-6-11-4-2-3-5-14(11)20-17(13)18/h2-9H,10H2,1H3. The summed E-state index contributed by atoms with van der Waals surface area (Å²) in [6.45, 7) is 0.186. The lowest BCUT2D eigenvalue weighted by atomic mass is 10.2. The maximum absolute atomic E-state index is 11.1. The average molecular weight is 329 g/mol. The molecule has 0 aliphatic heterocycles. The van der Waals surface area contributed by atoms with Crippen molar-refractivity contribution in [1.82, 2.24) is 9.97 Å². The number of nitrogens with zero attached hydrogens (tertiary/aromatic N) is 2. The van der Waals surface area contributed by atoms with Gasteiger partial charge in [-0.15, -0.1) is 0 Å². The number of para-hydroxylation sites is 1. The van der Waals surface area contributed by atoms with Crippen LogP contribution in [0.5, 0.6) is 11.6 Å². The Bertz CT molecular complexity index is 868. The van der Waals surface area contributed by atoms with E-state index in [9.17, 15) is 4.79 Å². The Morgan fingerprint density at radius 1 is 1.26 bits per heavy atom. The molecular weight excluding hydrogens is 316 g/mol. The van der Waals surface area contributed by atoms with Crippen LogP contribution >= 0.6 is 11.6 Å². The minimum atomic E-state index is 0.186. The lowest BCUT2D eigenvalue weighted by molar-refractivity contribution is 0.111. The first kappa shape index (κ1) is 15.2. The van der Waals surface area contributed by atoms with E-state index in [4.69, 9.17) is 21.1 Å². The highest BCUT2D eigenvalue weighted by atomic mass is 35.5. The molecule has 0 bridgehead atoms. The number of rotatable bonds is 5. The molecule has 0 saturated heterocycles. The van der Waals surface area contributed by atoms with Crippen LogP contribution in [0.1, 0.15) is 15.9 Å². The van der Waals surface area contributed by atoms with Crippen LogP contribution in [0, 0.1) is 0 Å². The number of fused-ring (bicyclic) bond motifs is 1. The smallest absolute Gasteiger partial charge is 0.213 e. The molecule has 5 nitrogen and oxygen atoms in total. The molecule has 0 fully saturated rings. The Balaban J connectivity index is 1.86. The maximum Gasteiger partial charge on any atom is 0.213 e. The molecule has 2 heterocycles. The van der Waals surface area contributed by atoms with Gasteiger partial charge >= 0.3 is 0 Å². The molecule has 116 valence electrons. The number of pyridine rings is 2. The van der Waals surface area contributed by atoms with E-state index < -0.39 is 0 Å². The highest BCUT2D eigenvalue weighted by Gasteiger charge is 2.09. The van der Waals surface area contributed by atoms with Crippen molar-refractivity contribution >= 4 is 28.8 Å². The van der Waals surface area contributed by atoms with Gasteiger partial charge in [-0.3, -0.25) is 4.79 Å². The number of methoxy groups -OCH3 is 1. The van der Waals surface area contributed by atoms with E-state index >= 15 is 0 Å². The Hall–Kier alpha value is -2.66. The number of carbonyl (C=O) groups is 1. The van der Waals surface area contributed by atoms with E-state index in [0.29, 0.717) is 28.6 Å². The van der Waals surface area contributed by atoms with Crippen LogP contribution in [0.25, 0.3) is 10.9 Å². The van der Waals surface area contributed by atoms with Crippen LogP contribution in [0.2, 0.25) is 5.15 Å². The lowest BCUT2D eigenvalue weighted by Gasteiger charge is -2.10. The topological polar surface area (TPSA) is 61.3 Å². The van der Waals surface area contributed by atoms with E-state index in [1.54, 1.807) is 0 Å². The molecule has 1 aromatic carbocycles. The second-order valence-corrected chi connectivity index (χ2v) is 5.16. The van der Waals surface area contributed by atoms with Crippen molar-refractivity contribution in [2.24, 2.45) is 0 Å². The van der Waals surface area contributed by atoms with Gasteiger partial charge in [0.25, 0.3) is 0 Å². The second kappa shape index (κ2) is 6.62. The number of hydrogen-bond donors (Lipinski definition) is 0. The number of halogens is 1. The van der Waals surface area contributed by atoms with E-state index in [1.165, 1.54) is 19.4 Å². The maximum atomic E-state index is 11.1. The van der Waals surface area contributed by atoms with Gasteiger partial charge in [-0.05, 0) is 12.1 Å². The first-order chi connectivity index (χ1) is 11.2. The summed E-state index contributed by atoms with van der Waals surface area (Å²) in [5, 5.41) is 1.34. The van der Waals surface area contributed by atoms with E-state index in [-0.39, 0.29) is 6.61 Å². The van der Waals surface area contributed by atoms with Crippen molar-refractivity contribution in [1.29, 1.82) is 0 Å². The highest BCUT2D eigenvalue weighted by Crippen LogP contribution is 2.24. The molecule has 3 aromatic rings. The third-order valence-corrected chi connectivity index (χ3v) is 3.67. The van der Waals surface area contributed by atoms with Gasteiger partial charge in [-0.1, -0.05) is 29.8 Å². The molecule has 0 spiro atoms. The molecule has 0 N–H and O–H groups in total. The average Bonchev–Trinajstić information content (AvgIpc) is 2.59. The van der Waals surface area contributed by atoms with E-state index in [2.05, 4.69) is 9.97 Å². The third kappa shape index (κ3) is 3.24. The van der Waals surface area contributed by atoms with E-state index in [0.717, 1.165) is 16.5 Å². The normalized spacial score (nSPS) is 10.5. The molecular formula is C17H13ClN2O3. The molecule has 0 amide bonds. The first-order valence-electron chi connectivity index (χ1n) is 6.87. The van der Waals surface area contributed by atoms with Crippen molar-refractivity contribution in [3.63, 3.8) is 0 Å². The fourth-order valence-corrected chi connectivity index (χ4v) is 2.36. The zero-order chi connectivity index (χ0) is 16.2. The number of aldehydes is 1. The van der Waals surface area contributed by atoms with Crippen LogP contribution in [-0.2, 0) is 6.61 Å². The van der Waals surface area contributed by atoms with Gasteiger partial charge in [-0.25, -0.2) is 9.97 Å². The summed E-state index contributed by atoms with van der Waals surface area (Å²) in [7, 11) is 1.48. The van der Waals surface area contributed by atoms with Gasteiger partial charge in [0, 0.05) is 17.0 Å². The Morgan fingerprint density at radius 2 is 2.09 bits per heavy atom. The summed E-state index contributed by atoms with van der Waals surface area (Å²) < 4.78 is 10.7. The first-order valence-corrected chi connectivity index (χ1v) is 7.25. The van der Waals surface area contributed by atoms with Gasteiger partial charge in [0.2, 0.25) is 5.88 Å². The number of benzene rings is 1. The van der Waals surface area contributed by atoms with Gasteiger partial charge in [0.1, 0.15) is 17.5 Å². The molecule has 0 saturated carbocycles. The lowest BCUT2D eigenvalue weighted by Crippen LogP contribution is -2.01. The molecule has 2 aromatic heterocycles. The van der Waals surface area contributed by atoms with Crippen molar-refractivity contribution in [2.75, 3.05) is 7.11 Å². The predicted molar refractivity (Wildman–Crippen MR) is 87.3 cm³/mol. The summed E-state index contributed by atoms with van der Waals surface area (Å²) >= 11 is 6.19. The SMILES string of the molecule is COc1cc(C=O)c(OCc2cc3ccccc3nc2Cl)cn1. The van der Waals surface area contributed by atoms with Gasteiger partial charge in [-0.2, -0.15) is 0 Å². The van der Waals surface area contributed by atoms with E-state index in [1.807, 2.05) is 30.3 Å². The second-order valence-electron chi connectivity index (χ2n) is 4.80. The van der Waals surface area contributed by atoms with Crippen molar-refractivity contribution in [3.8, 4) is 11.6 Å². The van der Waals surface area contributed by atoms with Crippen LogP contribution in [0.15, 0.2) is 42.6 Å². The van der Waals surface area contributed by atoms with Gasteiger partial charge in [0.15, 0.2) is 6.29 Å². The third-order valence-electron chi connectivity index (χ3n) is 3.34. The minimum absolute atomic E-state index is 0.186. The van der Waals surface area contributed by atoms with Gasteiger partial charge in [0.05, 0.1) is 24.4 Å². The van der Waals surface area contributed by atoms with Crippen molar-refractivity contribution in [3.05, 3.63) is 58.9 Å².